The lowest BCUT2D eigenvalue weighted by molar-refractivity contribution is -0.143. The highest BCUT2D eigenvalue weighted by Crippen LogP contribution is 2.23. The van der Waals surface area contributed by atoms with E-state index in [1.54, 1.807) is 6.92 Å². The van der Waals surface area contributed by atoms with Crippen molar-refractivity contribution in [2.75, 3.05) is 6.61 Å². The van der Waals surface area contributed by atoms with Gasteiger partial charge in [0.2, 0.25) is 0 Å². The number of hydrogen-bond acceptors (Lipinski definition) is 3. The molecule has 1 aromatic rings. The average molecular weight is 301 g/mol. The van der Waals surface area contributed by atoms with E-state index in [2.05, 4.69) is 25.8 Å². The zero-order valence-corrected chi connectivity index (χ0v) is 9.80. The van der Waals surface area contributed by atoms with Crippen LogP contribution in [0, 0.1) is 0 Å². The number of ether oxygens (including phenoxy) is 1. The molecule has 4 nitrogen and oxygen atoms in total. The van der Waals surface area contributed by atoms with E-state index in [0.717, 1.165) is 6.20 Å². The van der Waals surface area contributed by atoms with Gasteiger partial charge in [0.05, 0.1) is 12.8 Å². The van der Waals surface area contributed by atoms with E-state index in [0.29, 0.717) is 4.68 Å². The highest BCUT2D eigenvalue weighted by atomic mass is 79.9. The molecule has 0 unspecified atom stereocenters. The Morgan fingerprint density at radius 3 is 2.75 bits per heavy atom. The van der Waals surface area contributed by atoms with Gasteiger partial charge in [-0.2, -0.15) is 18.3 Å². The molecule has 1 rings (SSSR count). The van der Waals surface area contributed by atoms with Crippen molar-refractivity contribution in [2.24, 2.45) is 0 Å². The van der Waals surface area contributed by atoms with Crippen molar-refractivity contribution in [2.45, 2.75) is 19.6 Å². The summed E-state index contributed by atoms with van der Waals surface area (Å²) in [7, 11) is 0. The van der Waals surface area contributed by atoms with Crippen molar-refractivity contribution in [3.8, 4) is 0 Å². The van der Waals surface area contributed by atoms with Gasteiger partial charge in [-0.05, 0) is 22.9 Å². The fourth-order valence-electron chi connectivity index (χ4n) is 0.996. The molecule has 1 heterocycles. The van der Waals surface area contributed by atoms with Gasteiger partial charge < -0.3 is 4.74 Å². The molecule has 16 heavy (non-hydrogen) atoms. The van der Waals surface area contributed by atoms with Crippen LogP contribution in [0.1, 0.15) is 17.3 Å². The quantitative estimate of drug-likeness (QED) is 0.805. The van der Waals surface area contributed by atoms with Gasteiger partial charge >= 0.3 is 12.1 Å². The zero-order chi connectivity index (χ0) is 12.3. The molecule has 0 saturated heterocycles. The summed E-state index contributed by atoms with van der Waals surface area (Å²) in [4.78, 5) is 11.3. The van der Waals surface area contributed by atoms with Crippen LogP contribution in [0.25, 0.3) is 0 Å². The predicted molar refractivity (Wildman–Crippen MR) is 51.9 cm³/mol. The molecule has 90 valence electrons. The van der Waals surface area contributed by atoms with E-state index in [9.17, 15) is 18.0 Å². The molecule has 0 radical (unpaired) electrons. The van der Waals surface area contributed by atoms with Gasteiger partial charge in [0, 0.05) is 0 Å². The minimum Gasteiger partial charge on any atom is -0.462 e. The molecule has 0 aliphatic carbocycles. The molecular weight excluding hydrogens is 293 g/mol. The predicted octanol–water partition coefficient (Wildman–Crippen LogP) is 2.38. The van der Waals surface area contributed by atoms with Crippen LogP contribution in [-0.2, 0) is 11.3 Å². The Hall–Kier alpha value is -1.05. The Balaban J connectivity index is 2.88. The van der Waals surface area contributed by atoms with Crippen molar-refractivity contribution < 1.29 is 22.7 Å². The summed E-state index contributed by atoms with van der Waals surface area (Å²) in [5.41, 5.74) is -0.0221. The lowest BCUT2D eigenvalue weighted by atomic mass is 10.4. The number of aromatic nitrogens is 2. The SMILES string of the molecule is CCOC(=O)c1cnn(CC(F)(F)F)c1Br. The molecule has 0 aromatic carbocycles. The average Bonchev–Trinajstić information content (AvgIpc) is 2.46. The Morgan fingerprint density at radius 1 is 1.62 bits per heavy atom. The van der Waals surface area contributed by atoms with E-state index in [-0.39, 0.29) is 16.8 Å². The van der Waals surface area contributed by atoms with Crippen LogP contribution >= 0.6 is 15.9 Å². The number of esters is 1. The van der Waals surface area contributed by atoms with Crippen LogP contribution in [0.4, 0.5) is 13.2 Å². The topological polar surface area (TPSA) is 44.1 Å². The summed E-state index contributed by atoms with van der Waals surface area (Å²) in [6, 6.07) is 0. The molecule has 0 aliphatic rings. The molecule has 0 saturated carbocycles. The maximum atomic E-state index is 12.1. The van der Waals surface area contributed by atoms with Gasteiger partial charge in [0.25, 0.3) is 0 Å². The second-order valence-electron chi connectivity index (χ2n) is 2.84. The number of nitrogens with zero attached hydrogens (tertiary/aromatic N) is 2. The lowest BCUT2D eigenvalue weighted by Crippen LogP contribution is -2.19. The first kappa shape index (κ1) is 13.0. The van der Waals surface area contributed by atoms with Crippen molar-refractivity contribution in [3.05, 3.63) is 16.4 Å². The number of carbonyl (C=O) groups is 1. The molecule has 0 atom stereocenters. The number of halogens is 4. The monoisotopic (exact) mass is 300 g/mol. The van der Waals surface area contributed by atoms with Crippen LogP contribution in [-0.4, -0.2) is 28.5 Å². The molecule has 0 N–H and O–H groups in total. The van der Waals surface area contributed by atoms with Gasteiger partial charge in [-0.25, -0.2) is 9.48 Å². The van der Waals surface area contributed by atoms with E-state index in [1.165, 1.54) is 0 Å². The maximum Gasteiger partial charge on any atom is 0.408 e. The van der Waals surface area contributed by atoms with Crippen LogP contribution in [0.3, 0.4) is 0 Å². The maximum absolute atomic E-state index is 12.1. The van der Waals surface area contributed by atoms with Crippen LogP contribution in [0.5, 0.6) is 0 Å². The highest BCUT2D eigenvalue weighted by Gasteiger charge is 2.30. The number of hydrogen-bond donors (Lipinski definition) is 0. The summed E-state index contributed by atoms with van der Waals surface area (Å²) in [6.45, 7) is 0.495. The Bertz CT molecular complexity index is 389. The summed E-state index contributed by atoms with van der Waals surface area (Å²) in [5, 5.41) is 3.45. The largest absolute Gasteiger partial charge is 0.462 e. The molecule has 0 fully saturated rings. The standard InChI is InChI=1S/C8H8BrF3N2O2/c1-2-16-7(15)5-3-13-14(6(5)9)4-8(10,11)12/h3H,2,4H2,1H3. The van der Waals surface area contributed by atoms with Crippen molar-refractivity contribution in [1.29, 1.82) is 0 Å². The molecule has 0 aliphatic heterocycles. The molecular formula is C8H8BrF3N2O2. The minimum atomic E-state index is -4.39. The first-order valence-corrected chi connectivity index (χ1v) is 5.09. The minimum absolute atomic E-state index is 0.0221. The Labute approximate surface area is 97.5 Å². The van der Waals surface area contributed by atoms with Gasteiger partial charge in [0.1, 0.15) is 16.7 Å². The third-order valence-electron chi connectivity index (χ3n) is 1.60. The summed E-state index contributed by atoms with van der Waals surface area (Å²) < 4.78 is 41.5. The second-order valence-corrected chi connectivity index (χ2v) is 3.59. The fourth-order valence-corrected chi connectivity index (χ4v) is 1.48. The first-order chi connectivity index (χ1) is 7.35. The van der Waals surface area contributed by atoms with E-state index >= 15 is 0 Å². The normalized spacial score (nSPS) is 11.6. The third kappa shape index (κ3) is 3.22. The van der Waals surface area contributed by atoms with Gasteiger partial charge in [0.15, 0.2) is 0 Å². The van der Waals surface area contributed by atoms with E-state index in [4.69, 9.17) is 0 Å². The summed E-state index contributed by atoms with van der Waals surface area (Å²) in [5.74, 6) is -0.706. The van der Waals surface area contributed by atoms with E-state index in [1.807, 2.05) is 0 Å². The third-order valence-corrected chi connectivity index (χ3v) is 2.44. The lowest BCUT2D eigenvalue weighted by Gasteiger charge is -2.07. The number of rotatable bonds is 3. The van der Waals surface area contributed by atoms with Gasteiger partial charge in [-0.3, -0.25) is 0 Å². The van der Waals surface area contributed by atoms with E-state index < -0.39 is 18.7 Å². The Morgan fingerprint density at radius 2 is 2.25 bits per heavy atom. The smallest absolute Gasteiger partial charge is 0.408 e. The molecule has 8 heteroatoms. The number of alkyl halides is 3. The Kier molecular flexibility index (Phi) is 3.95. The molecule has 0 amide bonds. The number of carbonyl (C=O) groups excluding carboxylic acids is 1. The highest BCUT2D eigenvalue weighted by molar-refractivity contribution is 9.10. The van der Waals surface area contributed by atoms with Crippen molar-refractivity contribution in [1.82, 2.24) is 9.78 Å². The molecule has 1 aromatic heterocycles. The summed E-state index contributed by atoms with van der Waals surface area (Å²) in [6.07, 6.45) is -3.35. The molecule has 0 spiro atoms. The second kappa shape index (κ2) is 4.86. The molecule has 0 bridgehead atoms. The van der Waals surface area contributed by atoms with Gasteiger partial charge in [-0.1, -0.05) is 0 Å². The van der Waals surface area contributed by atoms with Crippen molar-refractivity contribution in [3.63, 3.8) is 0 Å². The fraction of sp³-hybridized carbons (Fsp3) is 0.500. The van der Waals surface area contributed by atoms with Crippen LogP contribution in [0.2, 0.25) is 0 Å². The summed E-state index contributed by atoms with van der Waals surface area (Å²) >= 11 is 2.87. The van der Waals surface area contributed by atoms with Crippen molar-refractivity contribution >= 4 is 21.9 Å². The zero-order valence-electron chi connectivity index (χ0n) is 8.21. The van der Waals surface area contributed by atoms with Crippen LogP contribution in [0.15, 0.2) is 10.8 Å². The van der Waals surface area contributed by atoms with Crippen LogP contribution < -0.4 is 0 Å². The van der Waals surface area contributed by atoms with Gasteiger partial charge in [-0.15, -0.1) is 0 Å². The first-order valence-electron chi connectivity index (χ1n) is 4.30.